The van der Waals surface area contributed by atoms with Crippen molar-refractivity contribution in [2.24, 2.45) is 0 Å². The van der Waals surface area contributed by atoms with Gasteiger partial charge in [-0.1, -0.05) is 97.9 Å². The van der Waals surface area contributed by atoms with E-state index in [9.17, 15) is 0 Å². The summed E-state index contributed by atoms with van der Waals surface area (Å²) >= 11 is 0. The number of hydrogen-bond acceptors (Lipinski definition) is 2. The lowest BCUT2D eigenvalue weighted by Gasteiger charge is -2.38. The van der Waals surface area contributed by atoms with E-state index in [1.807, 2.05) is 0 Å². The second-order valence-corrected chi connectivity index (χ2v) is 7.81. The van der Waals surface area contributed by atoms with E-state index >= 15 is 0 Å². The maximum atomic E-state index is 6.90. The summed E-state index contributed by atoms with van der Waals surface area (Å²) in [5.41, 5.74) is 2.76. The second-order valence-electron chi connectivity index (χ2n) is 7.81. The Bertz CT molecular complexity index is 764. The standard InChI is InChI=1S/C27H30O2/c1-2-25-19-12-20-26(29-25)21-28-27(22-13-6-3-7-14-22,23-15-8-4-9-16-23)24-17-10-5-11-18-24/h3-11,13-18,25-26H,2,12,19-21H2,1H3/t25-,26+/m1/s1. The Labute approximate surface area is 174 Å². The van der Waals surface area contributed by atoms with Gasteiger partial charge in [-0.25, -0.2) is 0 Å². The van der Waals surface area contributed by atoms with Crippen LogP contribution in [0.15, 0.2) is 91.0 Å². The number of benzene rings is 3. The minimum atomic E-state index is -0.660. The maximum absolute atomic E-state index is 6.90. The highest BCUT2D eigenvalue weighted by Crippen LogP contribution is 2.41. The lowest BCUT2D eigenvalue weighted by Crippen LogP contribution is -2.38. The van der Waals surface area contributed by atoms with Crippen molar-refractivity contribution in [3.8, 4) is 0 Å². The van der Waals surface area contributed by atoms with Crippen molar-refractivity contribution in [1.82, 2.24) is 0 Å². The first-order valence-electron chi connectivity index (χ1n) is 10.8. The molecule has 0 aromatic heterocycles. The molecule has 0 bridgehead atoms. The molecule has 29 heavy (non-hydrogen) atoms. The summed E-state index contributed by atoms with van der Waals surface area (Å²) in [5.74, 6) is 0. The normalized spacial score (nSPS) is 19.8. The summed E-state index contributed by atoms with van der Waals surface area (Å²) in [5, 5.41) is 0. The van der Waals surface area contributed by atoms with E-state index in [0.717, 1.165) is 36.0 Å². The molecule has 0 saturated carbocycles. The monoisotopic (exact) mass is 386 g/mol. The van der Waals surface area contributed by atoms with Gasteiger partial charge in [-0.2, -0.15) is 0 Å². The Morgan fingerprint density at radius 3 is 1.62 bits per heavy atom. The van der Waals surface area contributed by atoms with Gasteiger partial charge in [-0.3, -0.25) is 0 Å². The molecule has 150 valence electrons. The highest BCUT2D eigenvalue weighted by atomic mass is 16.5. The van der Waals surface area contributed by atoms with E-state index < -0.39 is 5.60 Å². The van der Waals surface area contributed by atoms with Crippen molar-refractivity contribution >= 4 is 0 Å². The van der Waals surface area contributed by atoms with Gasteiger partial charge >= 0.3 is 0 Å². The van der Waals surface area contributed by atoms with Gasteiger partial charge < -0.3 is 9.47 Å². The second kappa shape index (κ2) is 9.39. The van der Waals surface area contributed by atoms with Crippen molar-refractivity contribution in [2.75, 3.05) is 6.61 Å². The summed E-state index contributed by atoms with van der Waals surface area (Å²) in [6.07, 6.45) is 5.00. The number of rotatable bonds is 7. The Balaban J connectivity index is 1.76. The van der Waals surface area contributed by atoms with E-state index in [1.165, 1.54) is 6.42 Å². The van der Waals surface area contributed by atoms with E-state index in [0.29, 0.717) is 12.7 Å². The maximum Gasteiger partial charge on any atom is 0.143 e. The SMILES string of the molecule is CC[C@@H]1CCC[C@@H](COC(c2ccccc2)(c2ccccc2)c2ccccc2)O1. The van der Waals surface area contributed by atoms with Crippen LogP contribution < -0.4 is 0 Å². The van der Waals surface area contributed by atoms with Crippen LogP contribution in [0.2, 0.25) is 0 Å². The van der Waals surface area contributed by atoms with Crippen LogP contribution in [0.3, 0.4) is 0 Å². The molecule has 3 aromatic rings. The van der Waals surface area contributed by atoms with Gasteiger partial charge in [0.1, 0.15) is 5.60 Å². The van der Waals surface area contributed by atoms with E-state index in [2.05, 4.69) is 97.9 Å². The first-order chi connectivity index (χ1) is 14.3. The van der Waals surface area contributed by atoms with Crippen LogP contribution in [0.4, 0.5) is 0 Å². The third kappa shape index (κ3) is 4.29. The molecule has 0 amide bonds. The molecule has 0 radical (unpaired) electrons. The molecule has 3 aromatic carbocycles. The van der Waals surface area contributed by atoms with E-state index in [-0.39, 0.29) is 6.10 Å². The topological polar surface area (TPSA) is 18.5 Å². The fraction of sp³-hybridized carbons (Fsp3) is 0.333. The average Bonchev–Trinajstić information content (AvgIpc) is 2.82. The van der Waals surface area contributed by atoms with Gasteiger partial charge in [0.2, 0.25) is 0 Å². The highest BCUT2D eigenvalue weighted by molar-refractivity contribution is 5.47. The van der Waals surface area contributed by atoms with Crippen LogP contribution in [0.5, 0.6) is 0 Å². The van der Waals surface area contributed by atoms with Gasteiger partial charge in [-0.05, 0) is 42.4 Å². The lowest BCUT2D eigenvalue weighted by molar-refractivity contribution is -0.111. The zero-order valence-electron chi connectivity index (χ0n) is 17.2. The summed E-state index contributed by atoms with van der Waals surface area (Å²) < 4.78 is 13.2. The predicted molar refractivity (Wildman–Crippen MR) is 118 cm³/mol. The average molecular weight is 387 g/mol. The molecule has 0 N–H and O–H groups in total. The van der Waals surface area contributed by atoms with Crippen molar-refractivity contribution in [3.05, 3.63) is 108 Å². The number of hydrogen-bond donors (Lipinski definition) is 0. The van der Waals surface area contributed by atoms with Crippen LogP contribution >= 0.6 is 0 Å². The fourth-order valence-corrected chi connectivity index (χ4v) is 4.39. The summed E-state index contributed by atoms with van der Waals surface area (Å²) in [4.78, 5) is 0. The molecule has 0 spiro atoms. The van der Waals surface area contributed by atoms with Gasteiger partial charge in [0, 0.05) is 0 Å². The summed E-state index contributed by atoms with van der Waals surface area (Å²) in [6.45, 7) is 2.78. The van der Waals surface area contributed by atoms with E-state index in [4.69, 9.17) is 9.47 Å². The van der Waals surface area contributed by atoms with Crippen LogP contribution in [-0.2, 0) is 15.1 Å². The smallest absolute Gasteiger partial charge is 0.143 e. The lowest BCUT2D eigenvalue weighted by atomic mass is 9.80. The Morgan fingerprint density at radius 1 is 0.724 bits per heavy atom. The highest BCUT2D eigenvalue weighted by Gasteiger charge is 2.38. The van der Waals surface area contributed by atoms with Gasteiger partial charge in [0.05, 0.1) is 18.8 Å². The van der Waals surface area contributed by atoms with Crippen LogP contribution in [0.25, 0.3) is 0 Å². The summed E-state index contributed by atoms with van der Waals surface area (Å²) in [6, 6.07) is 31.7. The Kier molecular flexibility index (Phi) is 6.43. The van der Waals surface area contributed by atoms with Gasteiger partial charge in [-0.15, -0.1) is 0 Å². The van der Waals surface area contributed by atoms with Crippen LogP contribution in [-0.4, -0.2) is 18.8 Å². The number of ether oxygens (including phenoxy) is 2. The molecule has 0 unspecified atom stereocenters. The molecule has 2 atom stereocenters. The molecular weight excluding hydrogens is 356 g/mol. The van der Waals surface area contributed by atoms with Crippen molar-refractivity contribution in [2.45, 2.75) is 50.4 Å². The Hall–Kier alpha value is -2.42. The molecule has 2 nitrogen and oxygen atoms in total. The molecule has 1 fully saturated rings. The molecular formula is C27H30O2. The van der Waals surface area contributed by atoms with Crippen molar-refractivity contribution < 1.29 is 9.47 Å². The molecule has 2 heteroatoms. The van der Waals surface area contributed by atoms with E-state index in [1.54, 1.807) is 0 Å². The molecule has 0 aliphatic carbocycles. The molecule has 1 aliphatic rings. The quantitative estimate of drug-likeness (QED) is 0.441. The first kappa shape index (κ1) is 19.9. The molecule has 1 saturated heterocycles. The van der Waals surface area contributed by atoms with Crippen molar-refractivity contribution in [1.29, 1.82) is 0 Å². The Morgan fingerprint density at radius 2 is 1.17 bits per heavy atom. The zero-order valence-corrected chi connectivity index (χ0v) is 17.2. The van der Waals surface area contributed by atoms with Gasteiger partial charge in [0.15, 0.2) is 0 Å². The molecule has 4 rings (SSSR count). The van der Waals surface area contributed by atoms with Crippen molar-refractivity contribution in [3.63, 3.8) is 0 Å². The molecule has 1 heterocycles. The third-order valence-electron chi connectivity index (χ3n) is 5.92. The first-order valence-corrected chi connectivity index (χ1v) is 10.8. The summed E-state index contributed by atoms with van der Waals surface area (Å²) in [7, 11) is 0. The van der Waals surface area contributed by atoms with Gasteiger partial charge in [0.25, 0.3) is 0 Å². The molecule has 1 aliphatic heterocycles. The zero-order chi connectivity index (χ0) is 19.9. The van der Waals surface area contributed by atoms with Crippen LogP contribution in [0.1, 0.15) is 49.3 Å². The minimum Gasteiger partial charge on any atom is -0.373 e. The fourth-order valence-electron chi connectivity index (χ4n) is 4.39. The third-order valence-corrected chi connectivity index (χ3v) is 5.92. The minimum absolute atomic E-state index is 0.143. The largest absolute Gasteiger partial charge is 0.373 e. The van der Waals surface area contributed by atoms with Crippen LogP contribution in [0, 0.1) is 0 Å². The predicted octanol–water partition coefficient (Wildman–Crippen LogP) is 6.34.